The van der Waals surface area contributed by atoms with Crippen molar-refractivity contribution in [3.63, 3.8) is 0 Å². The van der Waals surface area contributed by atoms with Crippen LogP contribution >= 0.6 is 0 Å². The first kappa shape index (κ1) is 71.6. The van der Waals surface area contributed by atoms with Gasteiger partial charge in [0.15, 0.2) is 37.7 Å². The summed E-state index contributed by atoms with van der Waals surface area (Å²) in [6.07, 6.45) is -41.8. The van der Waals surface area contributed by atoms with Gasteiger partial charge in [0.1, 0.15) is 153 Å². The van der Waals surface area contributed by atoms with E-state index in [4.69, 9.17) is 56.8 Å². The highest BCUT2D eigenvalue weighted by atomic mass is 16.8. The first-order chi connectivity index (χ1) is 41.3. The molecule has 0 aromatic rings. The molecule has 0 saturated carbocycles. The Labute approximate surface area is 500 Å². The average Bonchev–Trinajstić information content (AvgIpc) is 3.66. The predicted octanol–water partition coefficient (Wildman–Crippen LogP) is -7.34. The zero-order valence-electron chi connectivity index (χ0n) is 48.6. The number of aliphatic hydroxyl groups excluding tert-OH is 18. The van der Waals surface area contributed by atoms with Gasteiger partial charge < -0.3 is 149 Å². The molecule has 22 aliphatic heterocycles. The van der Waals surface area contributed by atoms with Crippen molar-refractivity contribution in [2.75, 3.05) is 39.6 Å². The van der Waals surface area contributed by atoms with Crippen LogP contribution < -0.4 is 0 Å². The maximum atomic E-state index is 11.2. The number of carbonyl (C=O) groups is 1. The van der Waals surface area contributed by atoms with E-state index in [2.05, 4.69) is 45.9 Å². The first-order valence-corrected chi connectivity index (χ1v) is 28.8. The molecule has 30 atom stereocenters. The lowest BCUT2D eigenvalue weighted by Gasteiger charge is -2.50. The van der Waals surface area contributed by atoms with Crippen LogP contribution in [-0.4, -0.2) is 322 Å². The van der Waals surface area contributed by atoms with E-state index in [-0.39, 0.29) is 5.41 Å². The normalized spacial score (nSPS) is 47.0. The molecule has 0 radical (unpaired) electrons. The standard InChI is InChI=1S/C36H60O30.C20H28O/c37-1-7-25-13(43)19(49)31(55-7)62-26-8(2-38)57-33(21(51)15(26)45)64-28-10(4-40)59-35(23(53)17(28)47)66-30-12(6-42)60-36(24(54)18(30)48)65-29-11(5-41)58-34(22(52)16(29)46)63-27-9(3-39)56-32(61-25)20(50)14(27)44;1-16(8-6-9-17(2)13-15-21)11-12-19-18(3)10-7-14-20(19,4)5/h7-54H,1-6H2;6,8-9,11-13,15H,7,10,14H2,1-5H3/b;9-6+,12-11+,16-8+,17-13+. The van der Waals surface area contributed by atoms with Gasteiger partial charge in [0.05, 0.1) is 39.6 Å². The maximum Gasteiger partial charge on any atom is 0.187 e. The quantitative estimate of drug-likeness (QED) is 0.0519. The molecule has 0 spiro atoms. The van der Waals surface area contributed by atoms with Gasteiger partial charge in [-0.15, -0.1) is 0 Å². The summed E-state index contributed by atoms with van der Waals surface area (Å²) in [5, 5.41) is 196. The van der Waals surface area contributed by atoms with Gasteiger partial charge in [0, 0.05) is 0 Å². The van der Waals surface area contributed by atoms with Crippen molar-refractivity contribution < 1.29 is 154 Å². The topological polar surface area (TPSA) is 492 Å². The van der Waals surface area contributed by atoms with Gasteiger partial charge in [0.25, 0.3) is 0 Å². The van der Waals surface area contributed by atoms with E-state index in [1.807, 2.05) is 19.1 Å². The lowest BCUT2D eigenvalue weighted by Crippen LogP contribution is -2.69. The lowest BCUT2D eigenvalue weighted by atomic mass is 9.72. The van der Waals surface area contributed by atoms with E-state index in [1.165, 1.54) is 36.0 Å². The summed E-state index contributed by atoms with van der Waals surface area (Å²) in [5.41, 5.74) is 5.48. The van der Waals surface area contributed by atoms with Crippen LogP contribution in [0.15, 0.2) is 58.7 Å². The van der Waals surface area contributed by atoms with Crippen molar-refractivity contribution in [3.05, 3.63) is 58.7 Å². The Kier molecular flexibility index (Phi) is 26.1. The van der Waals surface area contributed by atoms with Crippen molar-refractivity contribution in [1.82, 2.24) is 0 Å². The minimum atomic E-state index is -2.15. The highest BCUT2D eigenvalue weighted by Gasteiger charge is 2.59. The zero-order valence-corrected chi connectivity index (χ0v) is 48.6. The molecule has 87 heavy (non-hydrogen) atoms. The largest absolute Gasteiger partial charge is 0.394 e. The Hall–Kier alpha value is -2.83. The third-order valence-corrected chi connectivity index (χ3v) is 16.8. The smallest absolute Gasteiger partial charge is 0.187 e. The summed E-state index contributed by atoms with van der Waals surface area (Å²) in [4.78, 5) is 10.3. The summed E-state index contributed by atoms with van der Waals surface area (Å²) < 4.78 is 67.9. The molecule has 23 aliphatic rings. The number of aldehydes is 1. The number of ether oxygens (including phenoxy) is 12. The highest BCUT2D eigenvalue weighted by Crippen LogP contribution is 2.42. The second kappa shape index (κ2) is 31.7. The van der Waals surface area contributed by atoms with Gasteiger partial charge >= 0.3 is 0 Å². The second-order valence-electron chi connectivity index (χ2n) is 23.4. The molecule has 22 heterocycles. The molecule has 23 rings (SSSR count). The molecule has 18 N–H and O–H groups in total. The molecule has 31 nitrogen and oxygen atoms in total. The van der Waals surface area contributed by atoms with E-state index in [0.29, 0.717) is 0 Å². The highest BCUT2D eigenvalue weighted by molar-refractivity contribution is 5.67. The Morgan fingerprint density at radius 1 is 0.402 bits per heavy atom. The molecule has 1 aliphatic carbocycles. The molecule has 12 bridgehead atoms. The minimum Gasteiger partial charge on any atom is -0.394 e. The van der Waals surface area contributed by atoms with Gasteiger partial charge in [-0.3, -0.25) is 4.79 Å². The van der Waals surface area contributed by atoms with Gasteiger partial charge in [-0.2, -0.15) is 0 Å². The Morgan fingerprint density at radius 3 is 0.885 bits per heavy atom. The van der Waals surface area contributed by atoms with E-state index in [9.17, 15) is 96.7 Å². The van der Waals surface area contributed by atoms with Crippen LogP contribution in [0.4, 0.5) is 0 Å². The third kappa shape index (κ3) is 16.2. The second-order valence-corrected chi connectivity index (χ2v) is 23.4. The van der Waals surface area contributed by atoms with Crippen LogP contribution in [0.3, 0.4) is 0 Å². The molecular weight excluding hydrogens is 1170 g/mol. The molecule has 22 saturated heterocycles. The van der Waals surface area contributed by atoms with Crippen LogP contribution in [0, 0.1) is 5.41 Å². The Morgan fingerprint density at radius 2 is 0.655 bits per heavy atom. The van der Waals surface area contributed by atoms with Crippen LogP contribution in [0.1, 0.15) is 53.9 Å². The molecule has 0 aromatic carbocycles. The van der Waals surface area contributed by atoms with Crippen molar-refractivity contribution in [3.8, 4) is 0 Å². The van der Waals surface area contributed by atoms with Crippen molar-refractivity contribution in [2.24, 2.45) is 5.41 Å². The molecule has 498 valence electrons. The number of rotatable bonds is 11. The van der Waals surface area contributed by atoms with Gasteiger partial charge in [-0.05, 0) is 62.7 Å². The maximum absolute atomic E-state index is 11.2. The summed E-state index contributed by atoms with van der Waals surface area (Å²) in [5.74, 6) is 0. The van der Waals surface area contributed by atoms with Gasteiger partial charge in [0.2, 0.25) is 0 Å². The number of aliphatic hydroxyl groups is 18. The van der Waals surface area contributed by atoms with E-state index >= 15 is 0 Å². The molecule has 30 unspecified atom stereocenters. The fourth-order valence-corrected chi connectivity index (χ4v) is 11.7. The molecule has 0 amide bonds. The third-order valence-electron chi connectivity index (χ3n) is 16.8. The van der Waals surface area contributed by atoms with Gasteiger partial charge in [-0.25, -0.2) is 0 Å². The number of carbonyl (C=O) groups excluding carboxylic acids is 1. The summed E-state index contributed by atoms with van der Waals surface area (Å²) in [6.45, 7) is 4.96. The first-order valence-electron chi connectivity index (χ1n) is 28.8. The molecule has 0 aromatic heterocycles. The monoisotopic (exact) mass is 1260 g/mol. The van der Waals surface area contributed by atoms with Crippen LogP contribution in [0.2, 0.25) is 0 Å². The van der Waals surface area contributed by atoms with Crippen molar-refractivity contribution >= 4 is 6.29 Å². The fraction of sp³-hybridized carbons (Fsp3) is 0.804. The Balaban J connectivity index is 0.000000436. The summed E-state index contributed by atoms with van der Waals surface area (Å²) in [7, 11) is 0. The van der Waals surface area contributed by atoms with Crippen LogP contribution in [-0.2, 0) is 61.6 Å². The van der Waals surface area contributed by atoms with Gasteiger partial charge in [-0.1, -0.05) is 55.4 Å². The predicted molar refractivity (Wildman–Crippen MR) is 288 cm³/mol. The number of hydrogen-bond donors (Lipinski definition) is 18. The molecule has 22 fully saturated rings. The number of allylic oxidation sites excluding steroid dienone is 10. The molecule has 31 heteroatoms. The lowest BCUT2D eigenvalue weighted by molar-refractivity contribution is -0.404. The van der Waals surface area contributed by atoms with Crippen LogP contribution in [0.25, 0.3) is 0 Å². The van der Waals surface area contributed by atoms with E-state index in [1.54, 1.807) is 6.08 Å². The number of hydrogen-bond acceptors (Lipinski definition) is 31. The SMILES string of the molecule is CC1=C(/C=C/C(C)=C/C=C/C(C)=C/C=O)C(C)(C)CCC1.OCC1OC2OC3C(CO)OC(OC4C(CO)OC(OC5C(CO)OC(OC6C(CO)OC(OC7C(CO)OC(OC1C(O)C2O)C(O)C7O)C(O)C6O)C(O)C5O)C(O)C4O)C(O)C3O. The van der Waals surface area contributed by atoms with Crippen molar-refractivity contribution in [2.45, 2.75) is 238 Å². The molecular formula is C56H88O31. The minimum absolute atomic E-state index is 0.290. The summed E-state index contributed by atoms with van der Waals surface area (Å²) in [6, 6.07) is 0. The van der Waals surface area contributed by atoms with Crippen LogP contribution in [0.5, 0.6) is 0 Å². The van der Waals surface area contributed by atoms with E-state index < -0.39 is 224 Å². The zero-order chi connectivity index (χ0) is 63.9. The van der Waals surface area contributed by atoms with Crippen molar-refractivity contribution in [1.29, 1.82) is 0 Å². The fourth-order valence-electron chi connectivity index (χ4n) is 11.7. The Bertz CT molecular complexity index is 2050. The van der Waals surface area contributed by atoms with E-state index in [0.717, 1.165) is 11.9 Å². The summed E-state index contributed by atoms with van der Waals surface area (Å²) >= 11 is 0. The average molecular weight is 1260 g/mol.